The third kappa shape index (κ3) is 3.44. The van der Waals surface area contributed by atoms with Gasteiger partial charge in [0.1, 0.15) is 0 Å². The van der Waals surface area contributed by atoms with Crippen molar-refractivity contribution in [2.24, 2.45) is 0 Å². The summed E-state index contributed by atoms with van der Waals surface area (Å²) in [4.78, 5) is 20.3. The number of thioether (sulfide) groups is 1. The molecule has 2 heterocycles. The number of aromatic nitrogens is 4. The van der Waals surface area contributed by atoms with Gasteiger partial charge in [0, 0.05) is 15.8 Å². The maximum absolute atomic E-state index is 12.7. The lowest BCUT2D eigenvalue weighted by molar-refractivity contribution is 0.780. The van der Waals surface area contributed by atoms with Crippen molar-refractivity contribution in [1.82, 2.24) is 19.6 Å². The molecule has 0 bridgehead atoms. The fraction of sp³-hybridized carbons (Fsp3) is 0.0870. The number of aryl methyl sites for hydroxylation is 1. The molecule has 148 valence electrons. The molecule has 0 aliphatic heterocycles. The van der Waals surface area contributed by atoms with Crippen LogP contribution in [0.1, 0.15) is 11.3 Å². The highest BCUT2D eigenvalue weighted by Crippen LogP contribution is 2.30. The second-order valence-electron chi connectivity index (χ2n) is 6.98. The van der Waals surface area contributed by atoms with Gasteiger partial charge in [-0.2, -0.15) is 9.61 Å². The third-order valence-electron chi connectivity index (χ3n) is 5.03. The van der Waals surface area contributed by atoms with Crippen LogP contribution in [0.3, 0.4) is 0 Å². The number of rotatable bonds is 4. The summed E-state index contributed by atoms with van der Waals surface area (Å²) in [6.07, 6.45) is 0. The molecule has 0 saturated carbocycles. The predicted octanol–water partition coefficient (Wildman–Crippen LogP) is 5.60. The molecule has 0 atom stereocenters. The van der Waals surface area contributed by atoms with Gasteiger partial charge in [-0.15, -0.1) is 0 Å². The number of fused-ring (bicyclic) bond motifs is 2. The average Bonchev–Trinajstić information content (AvgIpc) is 3.09. The Bertz CT molecular complexity index is 1430. The number of nitrogens with one attached hydrogen (secondary N) is 1. The summed E-state index contributed by atoms with van der Waals surface area (Å²) in [7, 11) is 0. The second kappa shape index (κ2) is 7.74. The number of H-pyrrole nitrogens is 1. The summed E-state index contributed by atoms with van der Waals surface area (Å²) in [5, 5.41) is 7.40. The Kier molecular flexibility index (Phi) is 4.92. The van der Waals surface area contributed by atoms with Gasteiger partial charge >= 0.3 is 5.69 Å². The van der Waals surface area contributed by atoms with Crippen molar-refractivity contribution < 1.29 is 0 Å². The van der Waals surface area contributed by atoms with Crippen LogP contribution in [0.5, 0.6) is 0 Å². The Morgan fingerprint density at radius 2 is 1.80 bits per heavy atom. The van der Waals surface area contributed by atoms with Crippen LogP contribution in [-0.4, -0.2) is 19.6 Å². The van der Waals surface area contributed by atoms with Crippen LogP contribution in [0, 0.1) is 6.92 Å². The zero-order valence-electron chi connectivity index (χ0n) is 16.1. The Labute approximate surface area is 185 Å². The Hall–Kier alpha value is -2.90. The molecule has 3 aromatic carbocycles. The van der Waals surface area contributed by atoms with Crippen LogP contribution in [0.2, 0.25) is 0 Å². The Balaban J connectivity index is 1.55. The van der Waals surface area contributed by atoms with E-state index < -0.39 is 0 Å². The van der Waals surface area contributed by atoms with Crippen LogP contribution < -0.4 is 5.69 Å². The third-order valence-corrected chi connectivity index (χ3v) is 6.48. The molecule has 0 aliphatic carbocycles. The molecule has 1 N–H and O–H groups in total. The maximum Gasteiger partial charge on any atom is 0.350 e. The molecule has 0 fully saturated rings. The van der Waals surface area contributed by atoms with Crippen molar-refractivity contribution in [3.8, 4) is 11.1 Å². The monoisotopic (exact) mass is 476 g/mol. The highest BCUT2D eigenvalue weighted by molar-refractivity contribution is 9.10. The molecule has 0 amide bonds. The van der Waals surface area contributed by atoms with Crippen molar-refractivity contribution in [2.75, 3.05) is 0 Å². The second-order valence-corrected chi connectivity index (χ2v) is 8.86. The first-order chi connectivity index (χ1) is 14.6. The minimum atomic E-state index is -0.285. The summed E-state index contributed by atoms with van der Waals surface area (Å²) < 4.78 is 2.34. The molecule has 2 aromatic heterocycles. The van der Waals surface area contributed by atoms with E-state index in [1.165, 1.54) is 32.6 Å². The lowest BCUT2D eigenvalue weighted by Gasteiger charge is -2.07. The summed E-state index contributed by atoms with van der Waals surface area (Å²) in [5.41, 5.74) is 4.12. The Morgan fingerprint density at radius 1 is 1.03 bits per heavy atom. The molecule has 0 unspecified atom stereocenters. The number of halogens is 1. The maximum atomic E-state index is 12.7. The van der Waals surface area contributed by atoms with E-state index in [-0.39, 0.29) is 5.69 Å². The zero-order chi connectivity index (χ0) is 20.7. The first kappa shape index (κ1) is 19.1. The Morgan fingerprint density at radius 3 is 2.63 bits per heavy atom. The topological polar surface area (TPSA) is 63.1 Å². The fourth-order valence-electron chi connectivity index (χ4n) is 3.62. The van der Waals surface area contributed by atoms with Crippen LogP contribution in [0.4, 0.5) is 0 Å². The molecular formula is C23H17BrN4OS. The number of aromatic amines is 1. The summed E-state index contributed by atoms with van der Waals surface area (Å²) in [5.74, 6) is 0.710. The van der Waals surface area contributed by atoms with Gasteiger partial charge < -0.3 is 0 Å². The van der Waals surface area contributed by atoms with Crippen LogP contribution in [0.15, 0.2) is 81.2 Å². The molecule has 0 aliphatic rings. The first-order valence-corrected chi connectivity index (χ1v) is 11.2. The largest absolute Gasteiger partial charge is 0.350 e. The fourth-order valence-corrected chi connectivity index (χ4v) is 4.73. The SMILES string of the molecule is Cc1nn2c(=O)[nH]c(SCc3cccc4ccccc34)nc2c1-c1ccc(Br)cc1. The highest BCUT2D eigenvalue weighted by Gasteiger charge is 2.16. The number of hydrogen-bond donors (Lipinski definition) is 1. The first-order valence-electron chi connectivity index (χ1n) is 9.45. The van der Waals surface area contributed by atoms with Crippen molar-refractivity contribution >= 4 is 44.1 Å². The van der Waals surface area contributed by atoms with Crippen molar-refractivity contribution in [1.29, 1.82) is 0 Å². The average molecular weight is 477 g/mol. The van der Waals surface area contributed by atoms with E-state index in [1.807, 2.05) is 43.3 Å². The van der Waals surface area contributed by atoms with Gasteiger partial charge in [-0.1, -0.05) is 82.3 Å². The molecule has 5 nitrogen and oxygen atoms in total. The molecule has 0 saturated heterocycles. The smallest absolute Gasteiger partial charge is 0.285 e. The standard InChI is InChI=1S/C23H17BrN4OS/c1-14-20(16-9-11-18(24)12-10-16)21-25-22(26-23(29)28(21)27-14)30-13-17-7-4-6-15-5-2-3-8-19(15)17/h2-12H,13H2,1H3,(H,25,26,29). The molecule has 0 spiro atoms. The summed E-state index contributed by atoms with van der Waals surface area (Å²) in [6.45, 7) is 1.90. The minimum Gasteiger partial charge on any atom is -0.285 e. The lowest BCUT2D eigenvalue weighted by atomic mass is 10.1. The number of nitrogens with zero attached hydrogens (tertiary/aromatic N) is 3. The van der Waals surface area contributed by atoms with Gasteiger partial charge in [0.2, 0.25) is 0 Å². The van der Waals surface area contributed by atoms with E-state index in [0.29, 0.717) is 16.6 Å². The van der Waals surface area contributed by atoms with Gasteiger partial charge in [0.15, 0.2) is 10.8 Å². The van der Waals surface area contributed by atoms with E-state index >= 15 is 0 Å². The molecule has 5 aromatic rings. The minimum absolute atomic E-state index is 0.285. The van der Waals surface area contributed by atoms with E-state index in [4.69, 9.17) is 4.98 Å². The molecule has 5 rings (SSSR count). The van der Waals surface area contributed by atoms with Crippen molar-refractivity contribution in [3.05, 3.63) is 92.9 Å². The zero-order valence-corrected chi connectivity index (χ0v) is 18.5. The van der Waals surface area contributed by atoms with E-state index in [9.17, 15) is 4.79 Å². The number of hydrogen-bond acceptors (Lipinski definition) is 4. The van der Waals surface area contributed by atoms with Crippen LogP contribution in [0.25, 0.3) is 27.5 Å². The van der Waals surface area contributed by atoms with Gasteiger partial charge in [-0.25, -0.2) is 9.78 Å². The molecule has 0 radical (unpaired) electrons. The summed E-state index contributed by atoms with van der Waals surface area (Å²) in [6, 6.07) is 22.5. The van der Waals surface area contributed by atoms with Gasteiger partial charge in [0.05, 0.1) is 5.69 Å². The molecule has 30 heavy (non-hydrogen) atoms. The van der Waals surface area contributed by atoms with Crippen molar-refractivity contribution in [3.63, 3.8) is 0 Å². The lowest BCUT2D eigenvalue weighted by Crippen LogP contribution is -2.19. The van der Waals surface area contributed by atoms with E-state index in [1.54, 1.807) is 0 Å². The quantitative estimate of drug-likeness (QED) is 0.342. The van der Waals surface area contributed by atoms with Gasteiger partial charge in [-0.05, 0) is 41.0 Å². The van der Waals surface area contributed by atoms with Gasteiger partial charge in [0.25, 0.3) is 0 Å². The van der Waals surface area contributed by atoms with Crippen LogP contribution in [-0.2, 0) is 5.75 Å². The highest BCUT2D eigenvalue weighted by atomic mass is 79.9. The van der Waals surface area contributed by atoms with Crippen LogP contribution >= 0.6 is 27.7 Å². The normalized spacial score (nSPS) is 11.4. The summed E-state index contributed by atoms with van der Waals surface area (Å²) >= 11 is 4.98. The molecule has 7 heteroatoms. The predicted molar refractivity (Wildman–Crippen MR) is 125 cm³/mol. The number of benzene rings is 3. The van der Waals surface area contributed by atoms with Gasteiger partial charge in [-0.3, -0.25) is 4.98 Å². The molecular weight excluding hydrogens is 460 g/mol. The van der Waals surface area contributed by atoms with E-state index in [2.05, 4.69) is 56.3 Å². The van der Waals surface area contributed by atoms with Crippen molar-refractivity contribution in [2.45, 2.75) is 17.8 Å². The van der Waals surface area contributed by atoms with E-state index in [0.717, 1.165) is 21.3 Å².